The number of rotatable bonds is 5. The van der Waals surface area contributed by atoms with Gasteiger partial charge < -0.3 is 14.9 Å². The van der Waals surface area contributed by atoms with E-state index in [4.69, 9.17) is 4.52 Å². The van der Waals surface area contributed by atoms with Crippen LogP contribution in [-0.4, -0.2) is 52.2 Å². The van der Waals surface area contributed by atoms with Crippen LogP contribution in [0.5, 0.6) is 0 Å². The number of aromatic nitrogens is 1. The number of carboxylic acids is 1. The smallest absolute Gasteiger partial charge is 0.309 e. The highest BCUT2D eigenvalue weighted by molar-refractivity contribution is 5.93. The normalized spacial score (nSPS) is 25.2. The van der Waals surface area contributed by atoms with E-state index in [0.717, 1.165) is 31.5 Å². The summed E-state index contributed by atoms with van der Waals surface area (Å²) in [5.74, 6) is -3.79. The van der Waals surface area contributed by atoms with Gasteiger partial charge in [0.05, 0.1) is 11.5 Å². The summed E-state index contributed by atoms with van der Waals surface area (Å²) in [7, 11) is 0. The molecule has 1 aliphatic heterocycles. The van der Waals surface area contributed by atoms with Crippen molar-refractivity contribution in [2.24, 2.45) is 11.3 Å². The second kappa shape index (κ2) is 7.40. The molecule has 31 heavy (non-hydrogen) atoms. The number of carbonyl (C=O) groups excluding carboxylic acids is 1. The van der Waals surface area contributed by atoms with Crippen LogP contribution < -0.4 is 5.32 Å². The second-order valence-electron chi connectivity index (χ2n) is 9.07. The predicted molar refractivity (Wildman–Crippen MR) is 105 cm³/mol. The van der Waals surface area contributed by atoms with E-state index in [1.54, 1.807) is 0 Å². The molecule has 1 spiro atoms. The maximum Gasteiger partial charge on any atom is 0.309 e. The van der Waals surface area contributed by atoms with Crippen molar-refractivity contribution in [1.29, 1.82) is 0 Å². The molecule has 2 saturated carbocycles. The Hall–Kier alpha value is -2.81. The summed E-state index contributed by atoms with van der Waals surface area (Å²) in [6.45, 7) is 1.15. The largest absolute Gasteiger partial charge is 0.481 e. The molecule has 0 unspecified atom stereocenters. The van der Waals surface area contributed by atoms with E-state index >= 15 is 0 Å². The van der Waals surface area contributed by atoms with Crippen molar-refractivity contribution in [1.82, 2.24) is 15.4 Å². The molecule has 0 radical (unpaired) electrons. The number of piperidine rings is 1. The maximum atomic E-state index is 13.9. The quantitative estimate of drug-likeness (QED) is 0.756. The summed E-state index contributed by atoms with van der Waals surface area (Å²) < 4.78 is 32.1. The monoisotopic (exact) mass is 431 g/mol. The summed E-state index contributed by atoms with van der Waals surface area (Å²) in [6, 6.07) is 4.19. The lowest BCUT2D eigenvalue weighted by molar-refractivity contribution is -0.145. The van der Waals surface area contributed by atoms with E-state index in [1.165, 1.54) is 25.0 Å². The van der Waals surface area contributed by atoms with Gasteiger partial charge >= 0.3 is 5.97 Å². The van der Waals surface area contributed by atoms with Crippen molar-refractivity contribution in [2.75, 3.05) is 13.1 Å². The molecule has 7 nitrogen and oxygen atoms in total. The van der Waals surface area contributed by atoms with Crippen LogP contribution in [0, 0.1) is 23.0 Å². The van der Waals surface area contributed by atoms with Crippen LogP contribution in [0.3, 0.4) is 0 Å². The summed E-state index contributed by atoms with van der Waals surface area (Å²) in [5, 5.41) is 16.1. The van der Waals surface area contributed by atoms with Gasteiger partial charge in [-0.3, -0.25) is 14.5 Å². The zero-order chi connectivity index (χ0) is 21.8. The van der Waals surface area contributed by atoms with Crippen molar-refractivity contribution >= 4 is 11.9 Å². The molecule has 2 N–H and O–H groups in total. The van der Waals surface area contributed by atoms with E-state index in [2.05, 4.69) is 15.4 Å². The lowest BCUT2D eigenvalue weighted by atomic mass is 9.75. The van der Waals surface area contributed by atoms with Crippen molar-refractivity contribution in [3.8, 4) is 11.3 Å². The van der Waals surface area contributed by atoms with Crippen LogP contribution in [-0.2, 0) is 4.79 Å². The molecule has 3 fully saturated rings. The lowest BCUT2D eigenvalue weighted by Crippen LogP contribution is -2.58. The van der Waals surface area contributed by atoms with Gasteiger partial charge in [0.2, 0.25) is 0 Å². The first-order chi connectivity index (χ1) is 14.8. The highest BCUT2D eigenvalue weighted by Crippen LogP contribution is 2.62. The Balaban J connectivity index is 1.24. The Morgan fingerprint density at radius 1 is 1.23 bits per heavy atom. The number of hydrogen-bond acceptors (Lipinski definition) is 5. The molecule has 9 heteroatoms. The number of nitrogens with zero attached hydrogens (tertiary/aromatic N) is 2. The fourth-order valence-corrected chi connectivity index (χ4v) is 4.96. The highest BCUT2D eigenvalue weighted by Gasteiger charge is 2.55. The molecule has 1 aromatic heterocycles. The van der Waals surface area contributed by atoms with Crippen molar-refractivity contribution in [3.63, 3.8) is 0 Å². The molecule has 2 atom stereocenters. The predicted octanol–water partition coefficient (Wildman–Crippen LogP) is 3.07. The van der Waals surface area contributed by atoms with Gasteiger partial charge in [-0.15, -0.1) is 0 Å². The zero-order valence-corrected chi connectivity index (χ0v) is 16.8. The maximum absolute atomic E-state index is 13.9. The minimum absolute atomic E-state index is 0.00811. The van der Waals surface area contributed by atoms with Gasteiger partial charge in [0, 0.05) is 37.3 Å². The standard InChI is InChI=1S/C22H23F2N3O4/c23-12-1-2-14(16(24)7-12)19-8-18(26-31-19)20(28)25-17-3-6-27(11-15(17)21(29)30)13-9-22(10-13)4-5-22/h1-2,7-8,13,15,17H,3-6,9-11H2,(H,25,28)(H,29,30)/t15-,17-/m0/s1. The van der Waals surface area contributed by atoms with Crippen LogP contribution >= 0.6 is 0 Å². The Labute approximate surface area is 177 Å². The second-order valence-corrected chi connectivity index (χ2v) is 9.07. The fraction of sp³-hybridized carbons (Fsp3) is 0.500. The summed E-state index contributed by atoms with van der Waals surface area (Å²) >= 11 is 0. The number of amides is 1. The third-order valence-electron chi connectivity index (χ3n) is 7.03. The molecule has 164 valence electrons. The van der Waals surface area contributed by atoms with E-state index < -0.39 is 35.5 Å². The molecule has 2 aliphatic carbocycles. The first-order valence-electron chi connectivity index (χ1n) is 10.5. The number of carbonyl (C=O) groups is 2. The van der Waals surface area contributed by atoms with Gasteiger partial charge in [-0.25, -0.2) is 8.78 Å². The Morgan fingerprint density at radius 3 is 2.68 bits per heavy atom. The molecule has 3 aliphatic rings. The summed E-state index contributed by atoms with van der Waals surface area (Å²) in [4.78, 5) is 26.8. The molecule has 2 heterocycles. The number of nitrogens with one attached hydrogen (secondary N) is 1. The first-order valence-corrected chi connectivity index (χ1v) is 10.5. The van der Waals surface area contributed by atoms with Gasteiger partial charge in [0.1, 0.15) is 11.6 Å². The number of likely N-dealkylation sites (tertiary alicyclic amines) is 1. The van der Waals surface area contributed by atoms with Gasteiger partial charge in [0.25, 0.3) is 5.91 Å². The zero-order valence-electron chi connectivity index (χ0n) is 16.8. The van der Waals surface area contributed by atoms with E-state index in [1.807, 2.05) is 0 Å². The Kier molecular flexibility index (Phi) is 4.80. The number of benzene rings is 1. The van der Waals surface area contributed by atoms with Crippen LogP contribution in [0.1, 0.15) is 42.6 Å². The lowest BCUT2D eigenvalue weighted by Gasteiger charge is -2.48. The number of halogens is 2. The molecule has 5 rings (SSSR count). The molecular weight excluding hydrogens is 408 g/mol. The van der Waals surface area contributed by atoms with Gasteiger partial charge in [-0.2, -0.15) is 0 Å². The Bertz CT molecular complexity index is 1030. The third kappa shape index (κ3) is 3.82. The average Bonchev–Trinajstić information content (AvgIpc) is 3.36. The van der Waals surface area contributed by atoms with Crippen LogP contribution in [0.15, 0.2) is 28.8 Å². The SMILES string of the molecule is O=C(N[C@H]1CCN(C2CC3(CC3)C2)C[C@@H]1C(=O)O)c1cc(-c2ccc(F)cc2F)on1. The number of hydrogen-bond donors (Lipinski definition) is 2. The fourth-order valence-electron chi connectivity index (χ4n) is 4.96. The van der Waals surface area contributed by atoms with Crippen LogP contribution in [0.2, 0.25) is 0 Å². The molecule has 0 bridgehead atoms. The number of carboxylic acid groups (broad SMARTS) is 1. The molecule has 1 saturated heterocycles. The first kappa shape index (κ1) is 20.1. The molecule has 1 aromatic carbocycles. The summed E-state index contributed by atoms with van der Waals surface area (Å²) in [6.07, 6.45) is 5.42. The minimum atomic E-state index is -0.940. The molecule has 2 aromatic rings. The minimum Gasteiger partial charge on any atom is -0.481 e. The van der Waals surface area contributed by atoms with Crippen molar-refractivity contribution in [2.45, 2.75) is 44.2 Å². The van der Waals surface area contributed by atoms with Gasteiger partial charge in [-0.1, -0.05) is 5.16 Å². The topological polar surface area (TPSA) is 95.7 Å². The average molecular weight is 431 g/mol. The van der Waals surface area contributed by atoms with Crippen LogP contribution in [0.25, 0.3) is 11.3 Å². The highest BCUT2D eigenvalue weighted by atomic mass is 19.1. The third-order valence-corrected chi connectivity index (χ3v) is 7.03. The van der Waals surface area contributed by atoms with Gasteiger partial charge in [0.15, 0.2) is 11.5 Å². The Morgan fingerprint density at radius 2 is 2.00 bits per heavy atom. The molecular formula is C22H23F2N3O4. The van der Waals surface area contributed by atoms with E-state index in [-0.39, 0.29) is 17.0 Å². The van der Waals surface area contributed by atoms with Crippen molar-refractivity contribution in [3.05, 3.63) is 41.6 Å². The van der Waals surface area contributed by atoms with E-state index in [0.29, 0.717) is 24.4 Å². The van der Waals surface area contributed by atoms with Crippen molar-refractivity contribution < 1.29 is 28.0 Å². The number of aliphatic carboxylic acids is 1. The molecule has 1 amide bonds. The van der Waals surface area contributed by atoms with Crippen LogP contribution in [0.4, 0.5) is 8.78 Å². The van der Waals surface area contributed by atoms with E-state index in [9.17, 15) is 23.5 Å². The van der Waals surface area contributed by atoms with Gasteiger partial charge in [-0.05, 0) is 49.7 Å². The summed E-state index contributed by atoms with van der Waals surface area (Å²) in [5.41, 5.74) is 0.446.